The smallest absolute Gasteiger partial charge is 0.407 e. The van der Waals surface area contributed by atoms with Crippen molar-refractivity contribution < 1.29 is 18.7 Å². The van der Waals surface area contributed by atoms with Crippen LogP contribution in [0.3, 0.4) is 0 Å². The molecule has 1 aromatic carbocycles. The zero-order valence-corrected chi connectivity index (χ0v) is 13.4. The summed E-state index contributed by atoms with van der Waals surface area (Å²) in [5, 5.41) is 5.27. The minimum atomic E-state index is -0.572. The Morgan fingerprint density at radius 3 is 2.50 bits per heavy atom. The van der Waals surface area contributed by atoms with Gasteiger partial charge in [0.2, 0.25) is 5.91 Å². The number of carbonyl (C=O) groups is 2. The van der Waals surface area contributed by atoms with Gasteiger partial charge in [-0.1, -0.05) is 18.2 Å². The van der Waals surface area contributed by atoms with Crippen LogP contribution in [0.2, 0.25) is 0 Å². The van der Waals surface area contributed by atoms with Crippen molar-refractivity contribution in [1.82, 2.24) is 10.6 Å². The molecule has 0 radical (unpaired) electrons. The third-order valence-corrected chi connectivity index (χ3v) is 2.68. The second kappa shape index (κ2) is 7.77. The number of carbonyl (C=O) groups excluding carboxylic acids is 2. The zero-order chi connectivity index (χ0) is 16.8. The van der Waals surface area contributed by atoms with E-state index in [-0.39, 0.29) is 24.9 Å². The van der Waals surface area contributed by atoms with Crippen LogP contribution < -0.4 is 10.6 Å². The number of hydrogen-bond acceptors (Lipinski definition) is 3. The predicted octanol–water partition coefficient (Wildman–Crippen LogP) is 2.40. The molecule has 0 saturated carbocycles. The molecule has 22 heavy (non-hydrogen) atoms. The summed E-state index contributed by atoms with van der Waals surface area (Å²) in [5.74, 6) is -0.708. The van der Waals surface area contributed by atoms with Crippen LogP contribution in [-0.4, -0.2) is 30.2 Å². The second-order valence-corrected chi connectivity index (χ2v) is 6.12. The Bertz CT molecular complexity index is 526. The minimum absolute atomic E-state index is 0.0359. The molecule has 0 aliphatic carbocycles. The molecule has 0 fully saturated rings. The number of ether oxygens (including phenoxy) is 1. The van der Waals surface area contributed by atoms with Crippen molar-refractivity contribution in [1.29, 1.82) is 0 Å². The van der Waals surface area contributed by atoms with Gasteiger partial charge < -0.3 is 15.4 Å². The van der Waals surface area contributed by atoms with Crippen LogP contribution in [0.5, 0.6) is 0 Å². The average molecular weight is 310 g/mol. The summed E-state index contributed by atoms with van der Waals surface area (Å²) in [5.41, 5.74) is -0.231. The Hall–Kier alpha value is -2.11. The fourth-order valence-electron chi connectivity index (χ4n) is 1.70. The van der Waals surface area contributed by atoms with E-state index in [4.69, 9.17) is 4.74 Å². The number of nitrogens with one attached hydrogen (secondary N) is 2. The predicted molar refractivity (Wildman–Crippen MR) is 81.9 cm³/mol. The number of hydrogen-bond donors (Lipinski definition) is 2. The third-order valence-electron chi connectivity index (χ3n) is 2.68. The number of benzene rings is 1. The fraction of sp³-hybridized carbons (Fsp3) is 0.500. The lowest BCUT2D eigenvalue weighted by Crippen LogP contribution is -2.44. The summed E-state index contributed by atoms with van der Waals surface area (Å²) in [6, 6.07) is 5.84. The first kappa shape index (κ1) is 17.9. The van der Waals surface area contributed by atoms with Crippen LogP contribution >= 0.6 is 0 Å². The van der Waals surface area contributed by atoms with Gasteiger partial charge in [-0.05, 0) is 39.3 Å². The molecule has 1 unspecified atom stereocenters. The number of alkyl carbamates (subject to hydrolysis) is 1. The molecule has 0 bridgehead atoms. The number of rotatable bonds is 5. The highest BCUT2D eigenvalue weighted by Gasteiger charge is 2.18. The summed E-state index contributed by atoms with van der Waals surface area (Å²) in [6.45, 7) is 7.30. The van der Waals surface area contributed by atoms with E-state index < -0.39 is 17.5 Å². The second-order valence-electron chi connectivity index (χ2n) is 6.12. The zero-order valence-electron chi connectivity index (χ0n) is 13.4. The maximum absolute atomic E-state index is 13.4. The summed E-state index contributed by atoms with van der Waals surface area (Å²) in [6.07, 6.45) is -0.574. The van der Waals surface area contributed by atoms with Gasteiger partial charge in [-0.25, -0.2) is 9.18 Å². The Kier molecular flexibility index (Phi) is 6.34. The van der Waals surface area contributed by atoms with Gasteiger partial charge in [0.05, 0.1) is 6.42 Å². The average Bonchev–Trinajstić information content (AvgIpc) is 2.37. The quantitative estimate of drug-likeness (QED) is 0.877. The van der Waals surface area contributed by atoms with Crippen molar-refractivity contribution in [3.8, 4) is 0 Å². The minimum Gasteiger partial charge on any atom is -0.444 e. The van der Waals surface area contributed by atoms with Crippen molar-refractivity contribution in [2.24, 2.45) is 0 Å². The molecule has 0 saturated heterocycles. The highest BCUT2D eigenvalue weighted by molar-refractivity contribution is 5.78. The van der Waals surface area contributed by atoms with Gasteiger partial charge in [0.25, 0.3) is 0 Å². The maximum atomic E-state index is 13.4. The van der Waals surface area contributed by atoms with Crippen LogP contribution in [0.15, 0.2) is 24.3 Å². The topological polar surface area (TPSA) is 67.4 Å². The molecule has 0 heterocycles. The first-order valence-corrected chi connectivity index (χ1v) is 7.17. The van der Waals surface area contributed by atoms with Crippen LogP contribution in [-0.2, 0) is 16.0 Å². The number of amides is 2. The normalized spacial score (nSPS) is 12.4. The van der Waals surface area contributed by atoms with Gasteiger partial charge in [-0.2, -0.15) is 0 Å². The Morgan fingerprint density at radius 1 is 1.27 bits per heavy atom. The summed E-state index contributed by atoms with van der Waals surface area (Å²) in [4.78, 5) is 23.3. The lowest BCUT2D eigenvalue weighted by Gasteiger charge is -2.22. The molecule has 0 aromatic heterocycles. The van der Waals surface area contributed by atoms with E-state index >= 15 is 0 Å². The van der Waals surface area contributed by atoms with E-state index in [0.29, 0.717) is 5.56 Å². The molecule has 122 valence electrons. The van der Waals surface area contributed by atoms with Crippen molar-refractivity contribution in [3.05, 3.63) is 35.6 Å². The van der Waals surface area contributed by atoms with Crippen molar-refractivity contribution in [2.75, 3.05) is 6.54 Å². The third kappa shape index (κ3) is 7.06. The highest BCUT2D eigenvalue weighted by atomic mass is 19.1. The van der Waals surface area contributed by atoms with Gasteiger partial charge in [-0.15, -0.1) is 0 Å². The highest BCUT2D eigenvalue weighted by Crippen LogP contribution is 2.07. The molecule has 2 amide bonds. The molecule has 2 N–H and O–H groups in total. The molecule has 0 aliphatic rings. The summed E-state index contributed by atoms with van der Waals surface area (Å²) in [7, 11) is 0. The van der Waals surface area contributed by atoms with Crippen LogP contribution in [0.25, 0.3) is 0 Å². The first-order valence-electron chi connectivity index (χ1n) is 7.17. The molecule has 1 aromatic rings. The Morgan fingerprint density at radius 2 is 1.91 bits per heavy atom. The largest absolute Gasteiger partial charge is 0.444 e. The van der Waals surface area contributed by atoms with Gasteiger partial charge in [0.15, 0.2) is 0 Å². The molecule has 5 nitrogen and oxygen atoms in total. The van der Waals surface area contributed by atoms with Crippen molar-refractivity contribution in [2.45, 2.75) is 45.8 Å². The monoisotopic (exact) mass is 310 g/mol. The van der Waals surface area contributed by atoms with Gasteiger partial charge in [0, 0.05) is 12.6 Å². The molecule has 0 spiro atoms. The van der Waals surface area contributed by atoms with Crippen LogP contribution in [0, 0.1) is 5.82 Å². The molecule has 1 atom stereocenters. The van der Waals surface area contributed by atoms with Crippen molar-refractivity contribution in [3.63, 3.8) is 0 Å². The lowest BCUT2D eigenvalue weighted by molar-refractivity contribution is -0.120. The molecule has 6 heteroatoms. The molecular weight excluding hydrogens is 287 g/mol. The van der Waals surface area contributed by atoms with E-state index in [9.17, 15) is 14.0 Å². The maximum Gasteiger partial charge on any atom is 0.407 e. The SMILES string of the molecule is CC(CNC(=O)Cc1ccccc1F)NC(=O)OC(C)(C)C. The van der Waals surface area contributed by atoms with E-state index in [1.54, 1.807) is 45.9 Å². The standard InChI is InChI=1S/C16H23FN2O3/c1-11(19-15(21)22-16(2,3)4)10-18-14(20)9-12-7-5-6-8-13(12)17/h5-8,11H,9-10H2,1-4H3,(H,18,20)(H,19,21). The number of halogens is 1. The van der Waals surface area contributed by atoms with Gasteiger partial charge >= 0.3 is 6.09 Å². The lowest BCUT2D eigenvalue weighted by atomic mass is 10.1. The summed E-state index contributed by atoms with van der Waals surface area (Å²) < 4.78 is 18.5. The fourth-order valence-corrected chi connectivity index (χ4v) is 1.70. The van der Waals surface area contributed by atoms with Crippen LogP contribution in [0.4, 0.5) is 9.18 Å². The van der Waals surface area contributed by atoms with E-state index in [2.05, 4.69) is 10.6 Å². The molecular formula is C16H23FN2O3. The first-order chi connectivity index (χ1) is 10.2. The van der Waals surface area contributed by atoms with Gasteiger partial charge in [0.1, 0.15) is 11.4 Å². The van der Waals surface area contributed by atoms with Gasteiger partial charge in [-0.3, -0.25) is 4.79 Å². The molecule has 0 aliphatic heterocycles. The van der Waals surface area contributed by atoms with E-state index in [1.807, 2.05) is 0 Å². The Balaban J connectivity index is 2.35. The van der Waals surface area contributed by atoms with E-state index in [1.165, 1.54) is 6.07 Å². The summed E-state index contributed by atoms with van der Waals surface area (Å²) >= 11 is 0. The van der Waals surface area contributed by atoms with Crippen LogP contribution in [0.1, 0.15) is 33.3 Å². The molecule has 1 rings (SSSR count). The van der Waals surface area contributed by atoms with E-state index in [0.717, 1.165) is 0 Å². The Labute approximate surface area is 130 Å². The van der Waals surface area contributed by atoms with Crippen molar-refractivity contribution >= 4 is 12.0 Å².